The lowest BCUT2D eigenvalue weighted by Crippen LogP contribution is -2.41. The van der Waals surface area contributed by atoms with Gasteiger partial charge < -0.3 is 15.3 Å². The number of carbonyl (C=O) groups excluding carboxylic acids is 1. The molecule has 0 aromatic heterocycles. The highest BCUT2D eigenvalue weighted by Gasteiger charge is 2.31. The molecular weight excluding hydrogens is 244 g/mol. The molecular formula is C10H16N2O4S. The van der Waals surface area contributed by atoms with E-state index in [0.29, 0.717) is 0 Å². The molecule has 17 heavy (non-hydrogen) atoms. The van der Waals surface area contributed by atoms with Gasteiger partial charge in [0.1, 0.15) is 0 Å². The summed E-state index contributed by atoms with van der Waals surface area (Å²) in [6.45, 7) is 3.95. The molecule has 0 saturated carbocycles. The maximum absolute atomic E-state index is 11.7. The number of carboxylic acid groups (broad SMARTS) is 1. The number of hydrogen-bond donors (Lipinski definition) is 2. The fourth-order valence-electron chi connectivity index (χ4n) is 1.32. The predicted molar refractivity (Wildman–Crippen MR) is 65.2 cm³/mol. The number of amides is 1. The Labute approximate surface area is 104 Å². The van der Waals surface area contributed by atoms with E-state index in [2.05, 4.69) is 10.5 Å². The highest BCUT2D eigenvalue weighted by molar-refractivity contribution is 7.99. The van der Waals surface area contributed by atoms with E-state index in [1.165, 1.54) is 0 Å². The molecule has 0 spiro atoms. The zero-order valence-electron chi connectivity index (χ0n) is 9.80. The standard InChI is InChI=1S/C10H16N2O4S/c1-3-17-5-6(2)11-9(13)8-4-7(10(14)15)12-16-8/h6,8H,3-5H2,1-2H3,(H,11,13)(H,14,15). The summed E-state index contributed by atoms with van der Waals surface area (Å²) >= 11 is 1.73. The third-order valence-corrected chi connectivity index (χ3v) is 3.31. The first kappa shape index (κ1) is 13.8. The SMILES string of the molecule is CCSCC(C)NC(=O)C1CC(C(=O)O)=NO1. The van der Waals surface area contributed by atoms with Crippen molar-refractivity contribution < 1.29 is 19.5 Å². The third-order valence-electron chi connectivity index (χ3n) is 2.17. The van der Waals surface area contributed by atoms with Crippen molar-refractivity contribution in [3.63, 3.8) is 0 Å². The van der Waals surface area contributed by atoms with Crippen LogP contribution in [0.4, 0.5) is 0 Å². The monoisotopic (exact) mass is 260 g/mol. The van der Waals surface area contributed by atoms with Crippen molar-refractivity contribution in [2.75, 3.05) is 11.5 Å². The van der Waals surface area contributed by atoms with E-state index >= 15 is 0 Å². The normalized spacial score (nSPS) is 20.4. The molecule has 1 heterocycles. The topological polar surface area (TPSA) is 88.0 Å². The van der Waals surface area contributed by atoms with E-state index in [-0.39, 0.29) is 24.1 Å². The molecule has 0 bridgehead atoms. The van der Waals surface area contributed by atoms with Crippen LogP contribution >= 0.6 is 11.8 Å². The summed E-state index contributed by atoms with van der Waals surface area (Å²) in [6, 6.07) is 0.0323. The Bertz CT molecular complexity index is 332. The van der Waals surface area contributed by atoms with Crippen LogP contribution < -0.4 is 5.32 Å². The summed E-state index contributed by atoms with van der Waals surface area (Å²) in [4.78, 5) is 27.0. The molecule has 6 nitrogen and oxygen atoms in total. The number of thioether (sulfide) groups is 1. The fourth-order valence-corrected chi connectivity index (χ4v) is 1.99. The second-order valence-electron chi connectivity index (χ2n) is 3.71. The highest BCUT2D eigenvalue weighted by Crippen LogP contribution is 2.11. The molecule has 96 valence electrons. The molecule has 0 saturated heterocycles. The number of hydrogen-bond acceptors (Lipinski definition) is 5. The zero-order valence-corrected chi connectivity index (χ0v) is 10.6. The second kappa shape index (κ2) is 6.48. The lowest BCUT2D eigenvalue weighted by Gasteiger charge is -2.15. The summed E-state index contributed by atoms with van der Waals surface area (Å²) < 4.78 is 0. The Balaban J connectivity index is 2.33. The summed E-state index contributed by atoms with van der Waals surface area (Å²) in [7, 11) is 0. The Kier molecular flexibility index (Phi) is 5.27. The van der Waals surface area contributed by atoms with E-state index in [0.717, 1.165) is 11.5 Å². The van der Waals surface area contributed by atoms with Gasteiger partial charge >= 0.3 is 5.97 Å². The average Bonchev–Trinajstić information content (AvgIpc) is 2.75. The maximum atomic E-state index is 11.7. The van der Waals surface area contributed by atoms with Crippen molar-refractivity contribution in [1.29, 1.82) is 0 Å². The number of nitrogens with one attached hydrogen (secondary N) is 1. The lowest BCUT2D eigenvalue weighted by atomic mass is 10.1. The zero-order chi connectivity index (χ0) is 12.8. The van der Waals surface area contributed by atoms with Gasteiger partial charge in [0.05, 0.1) is 0 Å². The maximum Gasteiger partial charge on any atom is 0.353 e. The Morgan fingerprint density at radius 2 is 2.41 bits per heavy atom. The van der Waals surface area contributed by atoms with Crippen molar-refractivity contribution >= 4 is 29.4 Å². The van der Waals surface area contributed by atoms with Crippen molar-refractivity contribution in [3.8, 4) is 0 Å². The van der Waals surface area contributed by atoms with Crippen LogP contribution in [0, 0.1) is 0 Å². The van der Waals surface area contributed by atoms with E-state index in [9.17, 15) is 9.59 Å². The second-order valence-corrected chi connectivity index (χ2v) is 5.03. The van der Waals surface area contributed by atoms with Gasteiger partial charge in [0.25, 0.3) is 5.91 Å². The van der Waals surface area contributed by atoms with Crippen LogP contribution in [0.2, 0.25) is 0 Å². The molecule has 0 aromatic carbocycles. The van der Waals surface area contributed by atoms with Gasteiger partial charge in [0.15, 0.2) is 5.71 Å². The molecule has 0 aromatic rings. The molecule has 0 aliphatic carbocycles. The molecule has 1 aliphatic rings. The van der Waals surface area contributed by atoms with Crippen LogP contribution in [0.25, 0.3) is 0 Å². The summed E-state index contributed by atoms with van der Waals surface area (Å²) in [5.74, 6) is 0.359. The highest BCUT2D eigenvalue weighted by atomic mass is 32.2. The van der Waals surface area contributed by atoms with E-state index in [1.807, 2.05) is 13.8 Å². The number of oxime groups is 1. The Morgan fingerprint density at radius 1 is 1.71 bits per heavy atom. The number of rotatable bonds is 6. The van der Waals surface area contributed by atoms with E-state index < -0.39 is 12.1 Å². The molecule has 1 rings (SSSR count). The number of carbonyl (C=O) groups is 2. The summed E-state index contributed by atoms with van der Waals surface area (Å²) in [6.07, 6.45) is -0.787. The largest absolute Gasteiger partial charge is 0.477 e. The summed E-state index contributed by atoms with van der Waals surface area (Å²) in [5, 5.41) is 14.8. The third kappa shape index (κ3) is 4.26. The van der Waals surface area contributed by atoms with E-state index in [4.69, 9.17) is 9.94 Å². The van der Waals surface area contributed by atoms with Crippen LogP contribution in [0.5, 0.6) is 0 Å². The van der Waals surface area contributed by atoms with Gasteiger partial charge in [-0.25, -0.2) is 4.79 Å². The molecule has 2 atom stereocenters. The first-order chi connectivity index (χ1) is 8.04. The summed E-state index contributed by atoms with van der Waals surface area (Å²) in [5.41, 5.74) is -0.110. The number of carboxylic acids is 1. The minimum absolute atomic E-state index is 0.0226. The first-order valence-corrected chi connectivity index (χ1v) is 6.54. The fraction of sp³-hybridized carbons (Fsp3) is 0.700. The van der Waals surface area contributed by atoms with Gasteiger partial charge in [0, 0.05) is 18.2 Å². The molecule has 2 unspecified atom stereocenters. The Morgan fingerprint density at radius 3 is 2.94 bits per heavy atom. The van der Waals surface area contributed by atoms with Crippen molar-refractivity contribution in [2.24, 2.45) is 5.16 Å². The van der Waals surface area contributed by atoms with Crippen molar-refractivity contribution in [3.05, 3.63) is 0 Å². The van der Waals surface area contributed by atoms with Gasteiger partial charge in [-0.2, -0.15) is 11.8 Å². The van der Waals surface area contributed by atoms with Crippen LogP contribution in [-0.2, 0) is 14.4 Å². The van der Waals surface area contributed by atoms with E-state index in [1.54, 1.807) is 11.8 Å². The molecule has 2 N–H and O–H groups in total. The van der Waals surface area contributed by atoms with Gasteiger partial charge in [-0.1, -0.05) is 12.1 Å². The molecule has 1 aliphatic heterocycles. The van der Waals surface area contributed by atoms with Gasteiger partial charge in [-0.3, -0.25) is 4.79 Å². The number of nitrogens with zero attached hydrogens (tertiary/aromatic N) is 1. The quantitative estimate of drug-likeness (QED) is 0.725. The molecule has 7 heteroatoms. The van der Waals surface area contributed by atoms with Crippen molar-refractivity contribution in [2.45, 2.75) is 32.4 Å². The van der Waals surface area contributed by atoms with Crippen LogP contribution in [0.15, 0.2) is 5.16 Å². The number of aliphatic carboxylic acids is 1. The van der Waals surface area contributed by atoms with Gasteiger partial charge in [-0.05, 0) is 12.7 Å². The van der Waals surface area contributed by atoms with Gasteiger partial charge in [0.2, 0.25) is 6.10 Å². The molecule has 0 radical (unpaired) electrons. The lowest BCUT2D eigenvalue weighted by molar-refractivity contribution is -0.131. The Hall–Kier alpha value is -1.24. The van der Waals surface area contributed by atoms with Crippen LogP contribution in [-0.4, -0.2) is 46.3 Å². The molecule has 0 fully saturated rings. The van der Waals surface area contributed by atoms with Crippen LogP contribution in [0.3, 0.4) is 0 Å². The predicted octanol–water partition coefficient (Wildman–Crippen LogP) is 0.474. The van der Waals surface area contributed by atoms with Crippen molar-refractivity contribution in [1.82, 2.24) is 5.32 Å². The smallest absolute Gasteiger partial charge is 0.353 e. The molecule has 1 amide bonds. The first-order valence-electron chi connectivity index (χ1n) is 5.38. The van der Waals surface area contributed by atoms with Gasteiger partial charge in [-0.15, -0.1) is 0 Å². The minimum atomic E-state index is -1.14. The average molecular weight is 260 g/mol. The minimum Gasteiger partial charge on any atom is -0.477 e. The van der Waals surface area contributed by atoms with Crippen LogP contribution in [0.1, 0.15) is 20.3 Å².